The topological polar surface area (TPSA) is 38.9 Å². The maximum Gasteiger partial charge on any atom is 0.130 e. The molecule has 0 aliphatic carbocycles. The highest BCUT2D eigenvalue weighted by Crippen LogP contribution is 2.24. The van der Waals surface area contributed by atoms with Gasteiger partial charge in [0.1, 0.15) is 5.82 Å². The SMILES string of the molecule is Cc1cccc(C(N)Cc2ccncc2Cl)c1F. The number of nitrogens with zero attached hydrogens (tertiary/aromatic N) is 1. The summed E-state index contributed by atoms with van der Waals surface area (Å²) in [5.74, 6) is -0.241. The number of rotatable bonds is 3. The Bertz CT molecular complexity index is 557. The molecule has 0 aliphatic rings. The molecular formula is C14H14ClFN2. The first-order valence-corrected chi connectivity index (χ1v) is 6.06. The van der Waals surface area contributed by atoms with Gasteiger partial charge in [0, 0.05) is 24.0 Å². The first kappa shape index (κ1) is 13.0. The number of aryl methyl sites for hydroxylation is 1. The van der Waals surface area contributed by atoms with Gasteiger partial charge in [0.25, 0.3) is 0 Å². The van der Waals surface area contributed by atoms with Crippen LogP contribution in [0.5, 0.6) is 0 Å². The van der Waals surface area contributed by atoms with Crippen molar-refractivity contribution in [2.75, 3.05) is 0 Å². The lowest BCUT2D eigenvalue weighted by Gasteiger charge is -2.14. The summed E-state index contributed by atoms with van der Waals surface area (Å²) in [6, 6.07) is 6.63. The molecule has 94 valence electrons. The molecule has 1 atom stereocenters. The van der Waals surface area contributed by atoms with Gasteiger partial charge >= 0.3 is 0 Å². The van der Waals surface area contributed by atoms with Gasteiger partial charge in [-0.3, -0.25) is 4.98 Å². The van der Waals surface area contributed by atoms with Crippen LogP contribution in [0.4, 0.5) is 4.39 Å². The lowest BCUT2D eigenvalue weighted by molar-refractivity contribution is 0.573. The van der Waals surface area contributed by atoms with Crippen LogP contribution in [-0.2, 0) is 6.42 Å². The second kappa shape index (κ2) is 5.46. The summed E-state index contributed by atoms with van der Waals surface area (Å²) in [4.78, 5) is 3.91. The Morgan fingerprint density at radius 1 is 1.39 bits per heavy atom. The van der Waals surface area contributed by atoms with Crippen LogP contribution in [0.25, 0.3) is 0 Å². The number of aromatic nitrogens is 1. The van der Waals surface area contributed by atoms with E-state index in [9.17, 15) is 4.39 Å². The molecule has 18 heavy (non-hydrogen) atoms. The Kier molecular flexibility index (Phi) is 3.94. The van der Waals surface area contributed by atoms with E-state index in [1.54, 1.807) is 37.5 Å². The van der Waals surface area contributed by atoms with Gasteiger partial charge < -0.3 is 5.73 Å². The maximum atomic E-state index is 13.9. The van der Waals surface area contributed by atoms with Crippen LogP contribution >= 0.6 is 11.6 Å². The van der Waals surface area contributed by atoms with E-state index in [-0.39, 0.29) is 5.82 Å². The van der Waals surface area contributed by atoms with Crippen molar-refractivity contribution in [3.8, 4) is 0 Å². The van der Waals surface area contributed by atoms with Crippen molar-refractivity contribution in [2.45, 2.75) is 19.4 Å². The number of benzene rings is 1. The van der Waals surface area contributed by atoms with Gasteiger partial charge in [-0.15, -0.1) is 0 Å². The fourth-order valence-corrected chi connectivity index (χ4v) is 2.07. The molecule has 0 spiro atoms. The summed E-state index contributed by atoms with van der Waals surface area (Å²) in [7, 11) is 0. The summed E-state index contributed by atoms with van der Waals surface area (Å²) in [6.45, 7) is 1.73. The lowest BCUT2D eigenvalue weighted by atomic mass is 9.98. The molecule has 1 heterocycles. The average molecular weight is 265 g/mol. The molecule has 2 rings (SSSR count). The third kappa shape index (κ3) is 2.68. The molecule has 0 fully saturated rings. The number of halogens is 2. The van der Waals surface area contributed by atoms with Gasteiger partial charge in [0.15, 0.2) is 0 Å². The number of nitrogens with two attached hydrogens (primary N) is 1. The Balaban J connectivity index is 2.25. The van der Waals surface area contributed by atoms with E-state index >= 15 is 0 Å². The summed E-state index contributed by atoms with van der Waals surface area (Å²) in [5.41, 5.74) is 8.04. The van der Waals surface area contributed by atoms with E-state index in [1.165, 1.54) is 0 Å². The number of pyridine rings is 1. The Hall–Kier alpha value is -1.45. The molecule has 2 N–H and O–H groups in total. The quantitative estimate of drug-likeness (QED) is 0.923. The van der Waals surface area contributed by atoms with E-state index in [2.05, 4.69) is 4.98 Å². The third-order valence-electron chi connectivity index (χ3n) is 2.92. The molecule has 2 aromatic rings. The predicted octanol–water partition coefficient (Wildman–Crippen LogP) is 3.43. The predicted molar refractivity (Wildman–Crippen MR) is 71.0 cm³/mol. The molecule has 1 unspecified atom stereocenters. The standard InChI is InChI=1S/C14H14ClFN2/c1-9-3-2-4-11(14(9)16)13(17)7-10-5-6-18-8-12(10)15/h2-6,8,13H,7,17H2,1H3. The second-order valence-electron chi connectivity index (χ2n) is 4.26. The summed E-state index contributed by atoms with van der Waals surface area (Å²) in [5, 5.41) is 0.556. The van der Waals surface area contributed by atoms with Gasteiger partial charge in [-0.25, -0.2) is 4.39 Å². The summed E-state index contributed by atoms with van der Waals surface area (Å²) < 4.78 is 13.9. The van der Waals surface area contributed by atoms with Crippen LogP contribution in [0.1, 0.15) is 22.7 Å². The Morgan fingerprint density at radius 3 is 2.89 bits per heavy atom. The van der Waals surface area contributed by atoms with Gasteiger partial charge in [-0.2, -0.15) is 0 Å². The number of hydrogen-bond donors (Lipinski definition) is 1. The minimum Gasteiger partial charge on any atom is -0.324 e. The molecule has 0 saturated carbocycles. The Morgan fingerprint density at radius 2 is 2.17 bits per heavy atom. The molecule has 1 aromatic carbocycles. The van der Waals surface area contributed by atoms with Crippen LogP contribution in [0.2, 0.25) is 5.02 Å². The zero-order valence-corrected chi connectivity index (χ0v) is 10.8. The van der Waals surface area contributed by atoms with Crippen molar-refractivity contribution in [3.63, 3.8) is 0 Å². The highest BCUT2D eigenvalue weighted by atomic mass is 35.5. The van der Waals surface area contributed by atoms with E-state index in [0.29, 0.717) is 22.6 Å². The largest absolute Gasteiger partial charge is 0.324 e. The molecule has 0 radical (unpaired) electrons. The van der Waals surface area contributed by atoms with Gasteiger partial charge in [-0.05, 0) is 30.5 Å². The zero-order valence-electron chi connectivity index (χ0n) is 10.0. The molecule has 0 amide bonds. The van der Waals surface area contributed by atoms with E-state index in [1.807, 2.05) is 6.07 Å². The molecule has 4 heteroatoms. The minimum absolute atomic E-state index is 0.241. The first-order chi connectivity index (χ1) is 8.59. The molecular weight excluding hydrogens is 251 g/mol. The third-order valence-corrected chi connectivity index (χ3v) is 3.26. The summed E-state index contributed by atoms with van der Waals surface area (Å²) >= 11 is 6.02. The maximum absolute atomic E-state index is 13.9. The highest BCUT2D eigenvalue weighted by molar-refractivity contribution is 6.31. The fourth-order valence-electron chi connectivity index (χ4n) is 1.87. The van der Waals surface area contributed by atoms with Crippen molar-refractivity contribution in [3.05, 3.63) is 64.2 Å². The van der Waals surface area contributed by atoms with Crippen molar-refractivity contribution in [1.29, 1.82) is 0 Å². The second-order valence-corrected chi connectivity index (χ2v) is 4.66. The molecule has 1 aromatic heterocycles. The minimum atomic E-state index is -0.412. The summed E-state index contributed by atoms with van der Waals surface area (Å²) in [6.07, 6.45) is 3.71. The van der Waals surface area contributed by atoms with Gasteiger partial charge in [0.05, 0.1) is 5.02 Å². The van der Waals surface area contributed by atoms with E-state index in [4.69, 9.17) is 17.3 Å². The number of hydrogen-bond acceptors (Lipinski definition) is 2. The van der Waals surface area contributed by atoms with Crippen LogP contribution in [-0.4, -0.2) is 4.98 Å². The van der Waals surface area contributed by atoms with Crippen LogP contribution in [0.3, 0.4) is 0 Å². The van der Waals surface area contributed by atoms with E-state index in [0.717, 1.165) is 5.56 Å². The van der Waals surface area contributed by atoms with Crippen molar-refractivity contribution < 1.29 is 4.39 Å². The van der Waals surface area contributed by atoms with Crippen molar-refractivity contribution in [1.82, 2.24) is 4.98 Å². The normalized spacial score (nSPS) is 12.4. The van der Waals surface area contributed by atoms with Crippen molar-refractivity contribution >= 4 is 11.6 Å². The molecule has 0 bridgehead atoms. The lowest BCUT2D eigenvalue weighted by Crippen LogP contribution is -2.15. The average Bonchev–Trinajstić information content (AvgIpc) is 2.35. The molecule has 0 aliphatic heterocycles. The zero-order chi connectivity index (χ0) is 13.1. The van der Waals surface area contributed by atoms with Gasteiger partial charge in [-0.1, -0.05) is 29.8 Å². The van der Waals surface area contributed by atoms with Crippen LogP contribution < -0.4 is 5.73 Å². The Labute approximate surface area is 111 Å². The molecule has 2 nitrogen and oxygen atoms in total. The molecule has 0 saturated heterocycles. The van der Waals surface area contributed by atoms with E-state index < -0.39 is 6.04 Å². The van der Waals surface area contributed by atoms with Crippen LogP contribution in [0.15, 0.2) is 36.7 Å². The highest BCUT2D eigenvalue weighted by Gasteiger charge is 2.14. The van der Waals surface area contributed by atoms with Crippen LogP contribution in [0, 0.1) is 12.7 Å². The van der Waals surface area contributed by atoms with Crippen molar-refractivity contribution in [2.24, 2.45) is 5.73 Å². The first-order valence-electron chi connectivity index (χ1n) is 5.68. The monoisotopic (exact) mass is 264 g/mol. The fraction of sp³-hybridized carbons (Fsp3) is 0.214. The van der Waals surface area contributed by atoms with Gasteiger partial charge in [0.2, 0.25) is 0 Å². The smallest absolute Gasteiger partial charge is 0.130 e.